The zero-order valence-corrected chi connectivity index (χ0v) is 13.4. The van der Waals surface area contributed by atoms with Crippen molar-refractivity contribution in [3.63, 3.8) is 0 Å². The van der Waals surface area contributed by atoms with Crippen molar-refractivity contribution in [2.45, 2.75) is 6.54 Å². The minimum absolute atomic E-state index is 0.710. The highest BCUT2D eigenvalue weighted by atomic mass is 79.9. The van der Waals surface area contributed by atoms with Crippen LogP contribution in [0.4, 0.5) is 11.4 Å². The highest BCUT2D eigenvalue weighted by Gasteiger charge is 2.12. The topological polar surface area (TPSA) is 42.1 Å². The molecule has 0 amide bonds. The van der Waals surface area contributed by atoms with Crippen LogP contribution in [-0.4, -0.2) is 12.0 Å². The highest BCUT2D eigenvalue weighted by molar-refractivity contribution is 9.10. The number of nitrogens with zero attached hydrogens (tertiary/aromatic N) is 2. The molecular weight excluding hydrogens is 334 g/mol. The average Bonchev–Trinajstić information content (AvgIpc) is 2.83. The van der Waals surface area contributed by atoms with E-state index in [2.05, 4.69) is 50.4 Å². The summed E-state index contributed by atoms with van der Waals surface area (Å²) in [5.74, 6) is 0. The lowest BCUT2D eigenvalue weighted by Gasteiger charge is -2.22. The minimum Gasteiger partial charge on any atom is -0.396 e. The summed E-state index contributed by atoms with van der Waals surface area (Å²) < 4.78 is 1.12. The van der Waals surface area contributed by atoms with Crippen LogP contribution in [0.3, 0.4) is 0 Å². The van der Waals surface area contributed by atoms with Crippen LogP contribution in [0.2, 0.25) is 0 Å². The number of anilines is 2. The molecule has 3 rings (SSSR count). The number of hydrogen-bond donors (Lipinski definition) is 1. The Hall–Kier alpha value is -1.59. The smallest absolute Gasteiger partial charge is 0.0745 e. The molecule has 0 unspecified atom stereocenters. The van der Waals surface area contributed by atoms with Crippen LogP contribution in [0.5, 0.6) is 0 Å². The number of fused-ring (bicyclic) bond motifs is 1. The second kappa shape index (κ2) is 5.42. The molecule has 102 valence electrons. The lowest BCUT2D eigenvalue weighted by molar-refractivity contribution is 0.946. The van der Waals surface area contributed by atoms with Gasteiger partial charge in [-0.2, -0.15) is 0 Å². The second-order valence-electron chi connectivity index (χ2n) is 4.67. The van der Waals surface area contributed by atoms with Gasteiger partial charge in [-0.3, -0.25) is 4.98 Å². The average molecular weight is 348 g/mol. The first-order valence-corrected chi connectivity index (χ1v) is 7.89. The zero-order chi connectivity index (χ0) is 14.1. The van der Waals surface area contributed by atoms with Gasteiger partial charge in [0.1, 0.15) is 0 Å². The lowest BCUT2D eigenvalue weighted by Crippen LogP contribution is -2.17. The Labute approximate surface area is 130 Å². The Morgan fingerprint density at radius 1 is 1.35 bits per heavy atom. The first kappa shape index (κ1) is 13.4. The van der Waals surface area contributed by atoms with E-state index in [9.17, 15) is 0 Å². The lowest BCUT2D eigenvalue weighted by atomic mass is 10.1. The predicted molar refractivity (Wildman–Crippen MR) is 90.3 cm³/mol. The van der Waals surface area contributed by atoms with Crippen LogP contribution in [0.1, 0.15) is 4.88 Å². The first-order chi connectivity index (χ1) is 9.65. The van der Waals surface area contributed by atoms with Gasteiger partial charge in [-0.05, 0) is 28.1 Å². The second-order valence-corrected chi connectivity index (χ2v) is 6.58. The number of aromatic nitrogens is 1. The van der Waals surface area contributed by atoms with Gasteiger partial charge in [0.2, 0.25) is 0 Å². The van der Waals surface area contributed by atoms with Gasteiger partial charge in [-0.15, -0.1) is 11.3 Å². The molecule has 5 heteroatoms. The van der Waals surface area contributed by atoms with E-state index in [4.69, 9.17) is 5.73 Å². The monoisotopic (exact) mass is 347 g/mol. The van der Waals surface area contributed by atoms with Crippen LogP contribution in [0.25, 0.3) is 10.9 Å². The number of para-hydroxylation sites is 1. The summed E-state index contributed by atoms with van der Waals surface area (Å²) in [6, 6.07) is 10.2. The molecule has 3 aromatic rings. The summed E-state index contributed by atoms with van der Waals surface area (Å²) in [6.45, 7) is 0.828. The van der Waals surface area contributed by atoms with Crippen molar-refractivity contribution < 1.29 is 0 Å². The SMILES string of the molecule is CN(Cc1cc(Br)cs1)c1c(N)cnc2ccccc12. The molecule has 1 aromatic carbocycles. The Morgan fingerprint density at radius 2 is 2.15 bits per heavy atom. The maximum Gasteiger partial charge on any atom is 0.0745 e. The summed E-state index contributed by atoms with van der Waals surface area (Å²) in [5.41, 5.74) is 8.86. The summed E-state index contributed by atoms with van der Waals surface area (Å²) in [7, 11) is 2.06. The summed E-state index contributed by atoms with van der Waals surface area (Å²) in [4.78, 5) is 7.85. The maximum absolute atomic E-state index is 6.14. The van der Waals surface area contributed by atoms with Gasteiger partial charge in [-0.1, -0.05) is 18.2 Å². The zero-order valence-electron chi connectivity index (χ0n) is 11.0. The quantitative estimate of drug-likeness (QED) is 0.768. The number of nitrogens with two attached hydrogens (primary N) is 1. The van der Waals surface area contributed by atoms with Gasteiger partial charge < -0.3 is 10.6 Å². The van der Waals surface area contributed by atoms with Crippen molar-refractivity contribution in [1.82, 2.24) is 4.98 Å². The van der Waals surface area contributed by atoms with Crippen molar-refractivity contribution in [2.75, 3.05) is 17.7 Å². The Bertz CT molecular complexity index is 754. The van der Waals surface area contributed by atoms with E-state index < -0.39 is 0 Å². The fourth-order valence-corrected chi connectivity index (χ4v) is 3.82. The van der Waals surface area contributed by atoms with Crippen LogP contribution in [0.15, 0.2) is 46.4 Å². The molecule has 2 aromatic heterocycles. The standard InChI is InChI=1S/C15H14BrN3S/c1-19(8-11-6-10(16)9-20-11)15-12-4-2-3-5-14(12)18-7-13(15)17/h2-7,9H,8,17H2,1H3. The molecular formula is C15H14BrN3S. The third-order valence-corrected chi connectivity index (χ3v) is 4.85. The third kappa shape index (κ3) is 2.51. The molecule has 0 atom stereocenters. The minimum atomic E-state index is 0.710. The Balaban J connectivity index is 2.02. The Morgan fingerprint density at radius 3 is 2.90 bits per heavy atom. The molecule has 20 heavy (non-hydrogen) atoms. The van der Waals surface area contributed by atoms with E-state index in [1.54, 1.807) is 17.5 Å². The van der Waals surface area contributed by atoms with E-state index in [1.807, 2.05) is 18.2 Å². The highest BCUT2D eigenvalue weighted by Crippen LogP contribution is 2.32. The number of nitrogen functional groups attached to an aromatic ring is 1. The molecule has 0 aliphatic carbocycles. The maximum atomic E-state index is 6.14. The molecule has 2 heterocycles. The van der Waals surface area contributed by atoms with E-state index in [-0.39, 0.29) is 0 Å². The molecule has 0 spiro atoms. The summed E-state index contributed by atoms with van der Waals surface area (Å²) in [6.07, 6.45) is 1.73. The van der Waals surface area contributed by atoms with Crippen molar-refractivity contribution >= 4 is 49.5 Å². The van der Waals surface area contributed by atoms with Gasteiger partial charge >= 0.3 is 0 Å². The normalized spacial score (nSPS) is 10.9. The van der Waals surface area contributed by atoms with Crippen LogP contribution < -0.4 is 10.6 Å². The van der Waals surface area contributed by atoms with E-state index in [0.29, 0.717) is 5.69 Å². The number of rotatable bonds is 3. The molecule has 0 aliphatic rings. The van der Waals surface area contributed by atoms with Gasteiger partial charge in [0.15, 0.2) is 0 Å². The fraction of sp³-hybridized carbons (Fsp3) is 0.133. The predicted octanol–water partition coefficient (Wildman–Crippen LogP) is 4.28. The number of hydrogen-bond acceptors (Lipinski definition) is 4. The Kier molecular flexibility index (Phi) is 3.63. The fourth-order valence-electron chi connectivity index (χ4n) is 2.32. The van der Waals surface area contributed by atoms with E-state index >= 15 is 0 Å². The van der Waals surface area contributed by atoms with Crippen molar-refractivity contribution in [3.8, 4) is 0 Å². The van der Waals surface area contributed by atoms with Crippen molar-refractivity contribution in [3.05, 3.63) is 51.3 Å². The van der Waals surface area contributed by atoms with Crippen LogP contribution >= 0.6 is 27.3 Å². The van der Waals surface area contributed by atoms with E-state index in [1.165, 1.54) is 4.88 Å². The molecule has 0 saturated carbocycles. The molecule has 3 nitrogen and oxygen atoms in total. The van der Waals surface area contributed by atoms with Gasteiger partial charge in [0.05, 0.1) is 29.6 Å². The molecule has 0 bridgehead atoms. The van der Waals surface area contributed by atoms with E-state index in [0.717, 1.165) is 27.6 Å². The van der Waals surface area contributed by atoms with Crippen LogP contribution in [-0.2, 0) is 6.54 Å². The number of halogens is 1. The number of pyridine rings is 1. The van der Waals surface area contributed by atoms with Gasteiger partial charge in [0, 0.05) is 27.2 Å². The van der Waals surface area contributed by atoms with Crippen molar-refractivity contribution in [2.24, 2.45) is 0 Å². The van der Waals surface area contributed by atoms with Gasteiger partial charge in [0.25, 0.3) is 0 Å². The van der Waals surface area contributed by atoms with Gasteiger partial charge in [-0.25, -0.2) is 0 Å². The third-order valence-electron chi connectivity index (χ3n) is 3.17. The van der Waals surface area contributed by atoms with Crippen molar-refractivity contribution in [1.29, 1.82) is 0 Å². The summed E-state index contributed by atoms with van der Waals surface area (Å²) >= 11 is 5.23. The number of benzene rings is 1. The molecule has 2 N–H and O–H groups in total. The number of thiophene rings is 1. The summed E-state index contributed by atoms with van der Waals surface area (Å²) in [5, 5.41) is 3.18. The molecule has 0 saturated heterocycles. The van der Waals surface area contributed by atoms with Crippen LogP contribution in [0, 0.1) is 0 Å². The molecule has 0 radical (unpaired) electrons. The molecule has 0 aliphatic heterocycles. The molecule has 0 fully saturated rings. The largest absolute Gasteiger partial charge is 0.396 e. The first-order valence-electron chi connectivity index (χ1n) is 6.22.